The zero-order valence-electron chi connectivity index (χ0n) is 15.1. The Bertz CT molecular complexity index is 1200. The number of carbonyl (C=O) groups excluding carboxylic acids is 2. The Hall–Kier alpha value is -3.08. The van der Waals surface area contributed by atoms with Crippen LogP contribution in [-0.2, 0) is 4.74 Å². The maximum atomic E-state index is 13.4. The van der Waals surface area contributed by atoms with Gasteiger partial charge in [0, 0.05) is 28.2 Å². The van der Waals surface area contributed by atoms with Gasteiger partial charge >= 0.3 is 5.97 Å². The number of H-pyrrole nitrogens is 1. The summed E-state index contributed by atoms with van der Waals surface area (Å²) in [5, 5.41) is 1.34. The highest BCUT2D eigenvalue weighted by atomic mass is 35.5. The van der Waals surface area contributed by atoms with Gasteiger partial charge in [0.15, 0.2) is 6.10 Å². The van der Waals surface area contributed by atoms with Crippen molar-refractivity contribution in [3.8, 4) is 0 Å². The lowest BCUT2D eigenvalue weighted by atomic mass is 9.99. The predicted molar refractivity (Wildman–Crippen MR) is 114 cm³/mol. The van der Waals surface area contributed by atoms with Gasteiger partial charge in [0.05, 0.1) is 15.6 Å². The topological polar surface area (TPSA) is 59.2 Å². The van der Waals surface area contributed by atoms with E-state index in [2.05, 4.69) is 4.98 Å². The van der Waals surface area contributed by atoms with Crippen molar-refractivity contribution >= 4 is 45.9 Å². The average Bonchev–Trinajstić information content (AvgIpc) is 3.18. The summed E-state index contributed by atoms with van der Waals surface area (Å²) in [6, 6.07) is 20.8. The number of ether oxygens (including phenoxy) is 1. The van der Waals surface area contributed by atoms with Crippen molar-refractivity contribution in [3.05, 3.63) is 106 Å². The molecule has 0 saturated carbocycles. The molecule has 3 aromatic carbocycles. The molecule has 0 saturated heterocycles. The smallest absolute Gasteiger partial charge is 0.339 e. The largest absolute Gasteiger partial charge is 0.445 e. The fraction of sp³-hybridized carbons (Fsp3) is 0.0435. The van der Waals surface area contributed by atoms with Gasteiger partial charge in [-0.1, -0.05) is 71.7 Å². The molecule has 0 aliphatic heterocycles. The van der Waals surface area contributed by atoms with Crippen LogP contribution in [-0.4, -0.2) is 16.7 Å². The number of aromatic nitrogens is 1. The summed E-state index contributed by atoms with van der Waals surface area (Å²) in [4.78, 5) is 29.2. The van der Waals surface area contributed by atoms with Crippen LogP contribution >= 0.6 is 23.2 Å². The second-order valence-corrected chi connectivity index (χ2v) is 7.25. The van der Waals surface area contributed by atoms with E-state index in [0.29, 0.717) is 16.1 Å². The maximum absolute atomic E-state index is 13.4. The van der Waals surface area contributed by atoms with Crippen molar-refractivity contribution in [2.24, 2.45) is 0 Å². The molecule has 0 amide bonds. The van der Waals surface area contributed by atoms with Crippen molar-refractivity contribution in [1.29, 1.82) is 0 Å². The number of para-hydroxylation sites is 1. The highest BCUT2D eigenvalue weighted by molar-refractivity contribution is 6.42. The number of nitrogens with one attached hydrogen (secondary N) is 1. The first kappa shape index (κ1) is 19.2. The number of ketones is 1. The Balaban J connectivity index is 1.71. The molecule has 4 rings (SSSR count). The van der Waals surface area contributed by atoms with Crippen LogP contribution in [0, 0.1) is 0 Å². The first-order chi connectivity index (χ1) is 14.0. The summed E-state index contributed by atoms with van der Waals surface area (Å²) >= 11 is 11.9. The van der Waals surface area contributed by atoms with Gasteiger partial charge < -0.3 is 9.72 Å². The molecule has 1 atom stereocenters. The molecule has 0 bridgehead atoms. The average molecular weight is 424 g/mol. The lowest BCUT2D eigenvalue weighted by Crippen LogP contribution is -2.20. The van der Waals surface area contributed by atoms with Crippen molar-refractivity contribution in [3.63, 3.8) is 0 Å². The number of aromatic amines is 1. The molecule has 0 fully saturated rings. The molecule has 144 valence electrons. The molecule has 1 heterocycles. The highest BCUT2D eigenvalue weighted by Gasteiger charge is 2.28. The third kappa shape index (κ3) is 3.90. The molecule has 0 radical (unpaired) electrons. The number of Topliss-reactive ketones (excluding diaryl/α,β-unsaturated/α-hetero) is 1. The van der Waals surface area contributed by atoms with Crippen LogP contribution in [0.15, 0.2) is 79.0 Å². The summed E-state index contributed by atoms with van der Waals surface area (Å²) in [6.07, 6.45) is 0.535. The predicted octanol–water partition coefficient (Wildman–Crippen LogP) is 6.26. The summed E-state index contributed by atoms with van der Waals surface area (Å²) in [7, 11) is 0. The normalized spacial score (nSPS) is 11.9. The zero-order chi connectivity index (χ0) is 20.4. The second-order valence-electron chi connectivity index (χ2n) is 6.44. The van der Waals surface area contributed by atoms with Crippen molar-refractivity contribution < 1.29 is 14.3 Å². The fourth-order valence-corrected chi connectivity index (χ4v) is 3.41. The van der Waals surface area contributed by atoms with Crippen LogP contribution in [0.5, 0.6) is 0 Å². The van der Waals surface area contributed by atoms with Crippen LogP contribution in [0.4, 0.5) is 0 Å². The van der Waals surface area contributed by atoms with Crippen molar-refractivity contribution in [2.45, 2.75) is 6.10 Å². The molecular weight excluding hydrogens is 409 g/mol. The molecule has 1 N–H and O–H groups in total. The van der Waals surface area contributed by atoms with Gasteiger partial charge in [0.2, 0.25) is 5.78 Å². The first-order valence-electron chi connectivity index (χ1n) is 8.86. The van der Waals surface area contributed by atoms with Gasteiger partial charge in [0.25, 0.3) is 0 Å². The molecule has 4 aromatic rings. The number of halogens is 2. The second kappa shape index (κ2) is 8.11. The van der Waals surface area contributed by atoms with Gasteiger partial charge in [-0.25, -0.2) is 4.79 Å². The Morgan fingerprint density at radius 1 is 0.862 bits per heavy atom. The highest BCUT2D eigenvalue weighted by Crippen LogP contribution is 2.29. The van der Waals surface area contributed by atoms with E-state index in [4.69, 9.17) is 27.9 Å². The van der Waals surface area contributed by atoms with E-state index in [1.807, 2.05) is 30.3 Å². The molecular formula is C23H15Cl2NO3. The van der Waals surface area contributed by atoms with Gasteiger partial charge in [-0.3, -0.25) is 4.79 Å². The number of benzene rings is 3. The molecule has 4 nitrogen and oxygen atoms in total. The summed E-state index contributed by atoms with van der Waals surface area (Å²) in [5.74, 6) is -0.979. The number of rotatable bonds is 5. The molecule has 1 aromatic heterocycles. The summed E-state index contributed by atoms with van der Waals surface area (Å²) in [6.45, 7) is 0. The molecule has 0 aliphatic carbocycles. The molecule has 0 spiro atoms. The standard InChI is InChI=1S/C23H15Cl2NO3/c24-18-11-10-15(12-19(18)25)23(28)29-22(14-6-2-1-3-7-14)21(27)17-13-26-20-9-5-4-8-16(17)20/h1-13,22,26H/t22-/m1/s1. The van der Waals surface area contributed by atoms with Crippen LogP contribution in [0.1, 0.15) is 32.4 Å². The van der Waals surface area contributed by atoms with Crippen molar-refractivity contribution in [2.75, 3.05) is 0 Å². The van der Waals surface area contributed by atoms with Gasteiger partial charge in [-0.15, -0.1) is 0 Å². The van der Waals surface area contributed by atoms with Crippen LogP contribution in [0.3, 0.4) is 0 Å². The van der Waals surface area contributed by atoms with E-state index < -0.39 is 12.1 Å². The molecule has 0 aliphatic rings. The van der Waals surface area contributed by atoms with E-state index in [1.165, 1.54) is 18.2 Å². The monoisotopic (exact) mass is 423 g/mol. The molecule has 0 unspecified atom stereocenters. The summed E-state index contributed by atoms with van der Waals surface area (Å²) < 4.78 is 5.65. The molecule has 6 heteroatoms. The number of hydrogen-bond acceptors (Lipinski definition) is 3. The number of esters is 1. The lowest BCUT2D eigenvalue weighted by Gasteiger charge is -2.17. The van der Waals surface area contributed by atoms with E-state index in [0.717, 1.165) is 10.9 Å². The third-order valence-electron chi connectivity index (χ3n) is 4.58. The zero-order valence-corrected chi connectivity index (χ0v) is 16.6. The maximum Gasteiger partial charge on any atom is 0.339 e. The van der Waals surface area contributed by atoms with Gasteiger partial charge in [-0.05, 0) is 24.3 Å². The Labute approximate surface area is 177 Å². The Kier molecular flexibility index (Phi) is 5.38. The SMILES string of the molecule is O=C(O[C@@H](C(=O)c1c[nH]c2ccccc12)c1ccccc1)c1ccc(Cl)c(Cl)c1. The Morgan fingerprint density at radius 2 is 1.59 bits per heavy atom. The van der Waals surface area contributed by atoms with E-state index >= 15 is 0 Å². The van der Waals surface area contributed by atoms with E-state index in [1.54, 1.807) is 30.5 Å². The van der Waals surface area contributed by atoms with Gasteiger partial charge in [-0.2, -0.15) is 0 Å². The number of fused-ring (bicyclic) bond motifs is 1. The van der Waals surface area contributed by atoms with Crippen LogP contribution < -0.4 is 0 Å². The Morgan fingerprint density at radius 3 is 2.34 bits per heavy atom. The minimum atomic E-state index is -1.10. The first-order valence-corrected chi connectivity index (χ1v) is 9.61. The quantitative estimate of drug-likeness (QED) is 0.304. The molecule has 29 heavy (non-hydrogen) atoms. The van der Waals surface area contributed by atoms with E-state index in [-0.39, 0.29) is 16.4 Å². The van der Waals surface area contributed by atoms with Crippen LogP contribution in [0.25, 0.3) is 10.9 Å². The lowest BCUT2D eigenvalue weighted by molar-refractivity contribution is 0.0280. The minimum Gasteiger partial charge on any atom is -0.445 e. The summed E-state index contributed by atoms with van der Waals surface area (Å²) in [5.41, 5.74) is 2.08. The van der Waals surface area contributed by atoms with E-state index in [9.17, 15) is 9.59 Å². The minimum absolute atomic E-state index is 0.215. The number of hydrogen-bond donors (Lipinski definition) is 1. The van der Waals surface area contributed by atoms with Crippen LogP contribution in [0.2, 0.25) is 10.0 Å². The number of carbonyl (C=O) groups is 2. The van der Waals surface area contributed by atoms with Gasteiger partial charge in [0.1, 0.15) is 0 Å². The fourth-order valence-electron chi connectivity index (χ4n) is 3.12. The third-order valence-corrected chi connectivity index (χ3v) is 5.31. The van der Waals surface area contributed by atoms with Crippen molar-refractivity contribution in [1.82, 2.24) is 4.98 Å².